The van der Waals surface area contributed by atoms with E-state index in [1.54, 1.807) is 0 Å². The lowest BCUT2D eigenvalue weighted by Crippen LogP contribution is -2.07. The summed E-state index contributed by atoms with van der Waals surface area (Å²) < 4.78 is 5.67. The first-order chi connectivity index (χ1) is 12.9. The molecule has 142 valence electrons. The van der Waals surface area contributed by atoms with Gasteiger partial charge < -0.3 is 9.84 Å². The second kappa shape index (κ2) is 8.00. The van der Waals surface area contributed by atoms with Crippen molar-refractivity contribution in [2.75, 3.05) is 6.61 Å². The fourth-order valence-corrected chi connectivity index (χ4v) is 3.44. The highest BCUT2D eigenvalue weighted by Crippen LogP contribution is 2.34. The number of aryl methyl sites for hydroxylation is 3. The van der Waals surface area contributed by atoms with Crippen LogP contribution in [0.1, 0.15) is 37.6 Å². The first-order valence-electron chi connectivity index (χ1n) is 9.02. The van der Waals surface area contributed by atoms with Crippen molar-refractivity contribution in [2.45, 2.75) is 41.0 Å². The zero-order chi connectivity index (χ0) is 19.6. The van der Waals surface area contributed by atoms with Crippen LogP contribution in [-0.2, 0) is 6.42 Å². The number of aromatic hydroxyl groups is 1. The third kappa shape index (κ3) is 4.42. The van der Waals surface area contributed by atoms with Crippen LogP contribution in [0.3, 0.4) is 0 Å². The Hall–Kier alpha value is -2.54. The van der Waals surface area contributed by atoms with Gasteiger partial charge in [-0.3, -0.25) is 0 Å². The number of nitrogens with zero attached hydrogens (tertiary/aromatic N) is 4. The van der Waals surface area contributed by atoms with Gasteiger partial charge in [-0.1, -0.05) is 32.1 Å². The Bertz CT molecular complexity index is 953. The first kappa shape index (κ1) is 19.2. The Labute approximate surface area is 163 Å². The van der Waals surface area contributed by atoms with E-state index in [2.05, 4.69) is 34.0 Å². The molecule has 0 aliphatic carbocycles. The topological polar surface area (TPSA) is 81.0 Å². The Morgan fingerprint density at radius 1 is 1.07 bits per heavy atom. The predicted octanol–water partition coefficient (Wildman–Crippen LogP) is 4.58. The number of hydrogen-bond acceptors (Lipinski definition) is 7. The van der Waals surface area contributed by atoms with Gasteiger partial charge in [-0.15, -0.1) is 10.2 Å². The Morgan fingerprint density at radius 2 is 1.81 bits per heavy atom. The molecule has 0 atom stereocenters. The van der Waals surface area contributed by atoms with E-state index in [1.165, 1.54) is 11.3 Å². The summed E-state index contributed by atoms with van der Waals surface area (Å²) in [4.78, 5) is 8.82. The maximum absolute atomic E-state index is 10.1. The molecule has 0 unspecified atom stereocenters. The quantitative estimate of drug-likeness (QED) is 0.670. The number of rotatable bonds is 6. The molecule has 0 aliphatic heterocycles. The minimum Gasteiger partial charge on any atom is -0.507 e. The predicted molar refractivity (Wildman–Crippen MR) is 107 cm³/mol. The van der Waals surface area contributed by atoms with Gasteiger partial charge in [0.05, 0.1) is 6.61 Å². The molecule has 1 N–H and O–H groups in total. The molecule has 0 fully saturated rings. The van der Waals surface area contributed by atoms with Gasteiger partial charge in [0, 0.05) is 11.3 Å². The zero-order valence-corrected chi connectivity index (χ0v) is 17.1. The lowest BCUT2D eigenvalue weighted by atomic mass is 10.0. The Morgan fingerprint density at radius 3 is 2.52 bits per heavy atom. The number of hydrogen-bond donors (Lipinski definition) is 1. The first-order valence-corrected chi connectivity index (χ1v) is 9.84. The van der Waals surface area contributed by atoms with Crippen LogP contribution >= 0.6 is 11.3 Å². The average Bonchev–Trinajstić information content (AvgIpc) is 3.12. The van der Waals surface area contributed by atoms with Crippen LogP contribution in [-0.4, -0.2) is 31.9 Å². The van der Waals surface area contributed by atoms with Crippen LogP contribution in [0.4, 0.5) is 0 Å². The normalized spacial score (nSPS) is 11.2. The van der Waals surface area contributed by atoms with Crippen molar-refractivity contribution in [2.24, 2.45) is 5.92 Å². The van der Waals surface area contributed by atoms with Crippen LogP contribution in [0.2, 0.25) is 0 Å². The van der Waals surface area contributed by atoms with Crippen LogP contribution in [0, 0.1) is 19.8 Å². The van der Waals surface area contributed by atoms with E-state index >= 15 is 0 Å². The molecular formula is C20H24N4O2S. The number of phenols is 1. The number of benzene rings is 1. The molecule has 0 saturated carbocycles. The molecule has 2 aromatic heterocycles. The molecule has 6 nitrogen and oxygen atoms in total. The molecular weight excluding hydrogens is 360 g/mol. The summed E-state index contributed by atoms with van der Waals surface area (Å²) in [6.45, 7) is 10.6. The van der Waals surface area contributed by atoms with Crippen molar-refractivity contribution >= 4 is 11.3 Å². The van der Waals surface area contributed by atoms with Gasteiger partial charge in [-0.25, -0.2) is 4.98 Å². The van der Waals surface area contributed by atoms with Crippen LogP contribution in [0.15, 0.2) is 18.2 Å². The van der Waals surface area contributed by atoms with E-state index in [9.17, 15) is 5.11 Å². The summed E-state index contributed by atoms with van der Waals surface area (Å²) in [5.41, 5.74) is 4.22. The lowest BCUT2D eigenvalue weighted by molar-refractivity contribution is 0.250. The monoisotopic (exact) mass is 384 g/mol. The second-order valence-corrected chi connectivity index (χ2v) is 7.93. The molecule has 3 aromatic rings. The molecule has 0 bridgehead atoms. The fraction of sp³-hybridized carbons (Fsp3) is 0.400. The highest BCUT2D eigenvalue weighted by Gasteiger charge is 2.15. The van der Waals surface area contributed by atoms with E-state index in [1.807, 2.05) is 39.0 Å². The highest BCUT2D eigenvalue weighted by molar-refractivity contribution is 7.17. The summed E-state index contributed by atoms with van der Waals surface area (Å²) in [6, 6.07) is 6.15. The fourth-order valence-electron chi connectivity index (χ4n) is 2.65. The molecule has 7 heteroatoms. The van der Waals surface area contributed by atoms with Gasteiger partial charge in [0.15, 0.2) is 5.01 Å². The minimum absolute atomic E-state index is 0.351. The minimum atomic E-state index is 0.351. The van der Waals surface area contributed by atoms with Crippen molar-refractivity contribution in [1.82, 2.24) is 20.2 Å². The SMILES string of the molecule is CCc1cc(-c2nnc(-c3cc(C)nc(OCC(C)C)n3)s2)cc(C)c1O. The summed E-state index contributed by atoms with van der Waals surface area (Å²) in [5.74, 6) is 0.751. The van der Waals surface area contributed by atoms with Crippen molar-refractivity contribution in [3.63, 3.8) is 0 Å². The summed E-state index contributed by atoms with van der Waals surface area (Å²) >= 11 is 1.46. The Kier molecular flexibility index (Phi) is 5.70. The third-order valence-corrected chi connectivity index (χ3v) is 5.03. The number of aromatic nitrogens is 4. The van der Waals surface area contributed by atoms with Gasteiger partial charge in [0.25, 0.3) is 0 Å². The van der Waals surface area contributed by atoms with E-state index in [0.717, 1.165) is 33.8 Å². The van der Waals surface area contributed by atoms with Crippen molar-refractivity contribution < 1.29 is 9.84 Å². The molecule has 0 amide bonds. The van der Waals surface area contributed by atoms with E-state index in [4.69, 9.17) is 4.74 Å². The van der Waals surface area contributed by atoms with Crippen molar-refractivity contribution in [3.8, 4) is 33.0 Å². The molecule has 0 spiro atoms. The summed E-state index contributed by atoms with van der Waals surface area (Å²) in [7, 11) is 0. The maximum atomic E-state index is 10.1. The van der Waals surface area contributed by atoms with E-state index < -0.39 is 0 Å². The van der Waals surface area contributed by atoms with E-state index in [0.29, 0.717) is 35.0 Å². The number of phenolic OH excluding ortho intramolecular Hbond substituents is 1. The molecule has 2 heterocycles. The standard InChI is InChI=1S/C20H24N4O2S/c1-6-14-9-15(7-12(4)17(14)25)18-23-24-19(27-18)16-8-13(5)21-20(22-16)26-10-11(2)3/h7-9,11,25H,6,10H2,1-5H3. The molecule has 3 rings (SSSR count). The highest BCUT2D eigenvalue weighted by atomic mass is 32.1. The van der Waals surface area contributed by atoms with Gasteiger partial charge >= 0.3 is 6.01 Å². The average molecular weight is 385 g/mol. The molecule has 0 radical (unpaired) electrons. The van der Waals surface area contributed by atoms with Crippen molar-refractivity contribution in [1.29, 1.82) is 0 Å². The summed E-state index contributed by atoms with van der Waals surface area (Å²) in [6.07, 6.45) is 0.758. The van der Waals surface area contributed by atoms with E-state index in [-0.39, 0.29) is 0 Å². The number of ether oxygens (including phenoxy) is 1. The van der Waals surface area contributed by atoms with Crippen LogP contribution in [0.25, 0.3) is 21.3 Å². The maximum Gasteiger partial charge on any atom is 0.317 e. The van der Waals surface area contributed by atoms with Crippen LogP contribution < -0.4 is 4.74 Å². The largest absolute Gasteiger partial charge is 0.507 e. The second-order valence-electron chi connectivity index (χ2n) is 6.95. The lowest BCUT2D eigenvalue weighted by Gasteiger charge is -2.08. The third-order valence-electron chi connectivity index (χ3n) is 4.03. The van der Waals surface area contributed by atoms with Gasteiger partial charge in [-0.05, 0) is 55.5 Å². The summed E-state index contributed by atoms with van der Waals surface area (Å²) in [5, 5.41) is 20.3. The molecule has 27 heavy (non-hydrogen) atoms. The smallest absolute Gasteiger partial charge is 0.317 e. The zero-order valence-electron chi connectivity index (χ0n) is 16.3. The van der Waals surface area contributed by atoms with Gasteiger partial charge in [-0.2, -0.15) is 4.98 Å². The van der Waals surface area contributed by atoms with Gasteiger partial charge in [0.2, 0.25) is 0 Å². The van der Waals surface area contributed by atoms with Gasteiger partial charge in [0.1, 0.15) is 16.5 Å². The molecule has 0 saturated heterocycles. The van der Waals surface area contributed by atoms with Crippen molar-refractivity contribution in [3.05, 3.63) is 35.0 Å². The Balaban J connectivity index is 1.93. The molecule has 0 aliphatic rings. The van der Waals surface area contributed by atoms with Crippen LogP contribution in [0.5, 0.6) is 11.8 Å². The molecule has 1 aromatic carbocycles.